The van der Waals surface area contributed by atoms with Crippen LogP contribution in [0.15, 0.2) is 30.5 Å². The Morgan fingerprint density at radius 2 is 2.15 bits per heavy atom. The van der Waals surface area contributed by atoms with E-state index in [9.17, 15) is 13.6 Å². The van der Waals surface area contributed by atoms with Gasteiger partial charge in [0.15, 0.2) is 0 Å². The average Bonchev–Trinajstić information content (AvgIpc) is 2.66. The summed E-state index contributed by atoms with van der Waals surface area (Å²) in [5.41, 5.74) is 1.03. The topological polar surface area (TPSA) is 71.5 Å². The number of aliphatic hydroxyl groups is 1. The number of hydrogen-bond donors (Lipinski definition) is 2. The van der Waals surface area contributed by atoms with Gasteiger partial charge in [0.25, 0.3) is 5.91 Å². The first-order valence-corrected chi connectivity index (χ1v) is 9.19. The van der Waals surface area contributed by atoms with Gasteiger partial charge in [-0.2, -0.15) is 0 Å². The van der Waals surface area contributed by atoms with Crippen LogP contribution in [0.5, 0.6) is 5.75 Å². The van der Waals surface area contributed by atoms with Gasteiger partial charge in [-0.1, -0.05) is 12.1 Å². The highest BCUT2D eigenvalue weighted by atomic mass is 19.3. The van der Waals surface area contributed by atoms with E-state index in [2.05, 4.69) is 10.3 Å². The molecule has 1 fully saturated rings. The highest BCUT2D eigenvalue weighted by molar-refractivity contribution is 5.98. The van der Waals surface area contributed by atoms with Crippen LogP contribution < -0.4 is 10.1 Å². The Morgan fingerprint density at radius 1 is 1.41 bits per heavy atom. The normalized spacial score (nSPS) is 18.2. The van der Waals surface area contributed by atoms with Gasteiger partial charge >= 0.3 is 0 Å². The molecule has 1 aromatic heterocycles. The first-order valence-electron chi connectivity index (χ1n) is 9.19. The molecule has 0 bridgehead atoms. The number of ether oxygens (including phenoxy) is 1. The smallest absolute Gasteiger partial charge is 0.253 e. The van der Waals surface area contributed by atoms with Crippen molar-refractivity contribution in [2.45, 2.75) is 44.6 Å². The van der Waals surface area contributed by atoms with Gasteiger partial charge < -0.3 is 15.2 Å². The molecule has 1 heterocycles. The number of para-hydroxylation sites is 1. The SMILES string of the molecule is CC(CO)NC(=O)c1cnc2c(OCC3CCC(F)(F)CC3)cccc2c1. The van der Waals surface area contributed by atoms with Crippen molar-refractivity contribution < 1.29 is 23.4 Å². The fraction of sp³-hybridized carbons (Fsp3) is 0.500. The van der Waals surface area contributed by atoms with Crippen LogP contribution in [0, 0.1) is 5.92 Å². The molecule has 2 aromatic rings. The summed E-state index contributed by atoms with van der Waals surface area (Å²) in [6.45, 7) is 1.95. The predicted molar refractivity (Wildman–Crippen MR) is 98.2 cm³/mol. The van der Waals surface area contributed by atoms with Crippen LogP contribution in [0.2, 0.25) is 0 Å². The Labute approximate surface area is 156 Å². The van der Waals surface area contributed by atoms with Crippen LogP contribution in [0.3, 0.4) is 0 Å². The average molecular weight is 378 g/mol. The van der Waals surface area contributed by atoms with Gasteiger partial charge in [0, 0.05) is 30.5 Å². The molecule has 1 unspecified atom stereocenters. The number of nitrogens with zero attached hydrogens (tertiary/aromatic N) is 1. The lowest BCUT2D eigenvalue weighted by molar-refractivity contribution is -0.0498. The molecule has 1 saturated carbocycles. The second kappa shape index (κ2) is 8.17. The van der Waals surface area contributed by atoms with Crippen LogP contribution in [-0.4, -0.2) is 41.2 Å². The number of benzene rings is 1. The number of carbonyl (C=O) groups excluding carboxylic acids is 1. The molecule has 1 atom stereocenters. The number of rotatable bonds is 6. The van der Waals surface area contributed by atoms with Gasteiger partial charge in [0.2, 0.25) is 5.92 Å². The van der Waals surface area contributed by atoms with E-state index >= 15 is 0 Å². The quantitative estimate of drug-likeness (QED) is 0.806. The van der Waals surface area contributed by atoms with E-state index in [1.165, 1.54) is 6.20 Å². The van der Waals surface area contributed by atoms with Crippen molar-refractivity contribution in [3.63, 3.8) is 0 Å². The number of carbonyl (C=O) groups is 1. The molecule has 0 aliphatic heterocycles. The molecule has 5 nitrogen and oxygen atoms in total. The number of pyridine rings is 1. The van der Waals surface area contributed by atoms with Crippen LogP contribution in [0.4, 0.5) is 8.78 Å². The summed E-state index contributed by atoms with van der Waals surface area (Å²) in [4.78, 5) is 16.5. The van der Waals surface area contributed by atoms with E-state index in [1.807, 2.05) is 12.1 Å². The Bertz CT molecular complexity index is 803. The standard InChI is InChI=1S/C20H24F2N2O3/c1-13(11-25)24-19(26)16-9-15-3-2-4-17(18(15)23-10-16)27-12-14-5-7-20(21,22)8-6-14/h2-4,9-10,13-14,25H,5-8,11-12H2,1H3,(H,24,26). The van der Waals surface area contributed by atoms with E-state index in [1.54, 1.807) is 19.1 Å². The summed E-state index contributed by atoms with van der Waals surface area (Å²) in [7, 11) is 0. The number of halogens is 2. The molecule has 1 amide bonds. The van der Waals surface area contributed by atoms with Gasteiger partial charge in [-0.25, -0.2) is 8.78 Å². The van der Waals surface area contributed by atoms with Gasteiger partial charge in [-0.15, -0.1) is 0 Å². The monoisotopic (exact) mass is 378 g/mol. The van der Waals surface area contributed by atoms with Gasteiger partial charge in [-0.3, -0.25) is 9.78 Å². The summed E-state index contributed by atoms with van der Waals surface area (Å²) < 4.78 is 32.4. The minimum absolute atomic E-state index is 0.0838. The van der Waals surface area contributed by atoms with E-state index in [0.29, 0.717) is 36.3 Å². The minimum atomic E-state index is -2.54. The van der Waals surface area contributed by atoms with Crippen LogP contribution in [-0.2, 0) is 0 Å². The zero-order valence-electron chi connectivity index (χ0n) is 15.3. The largest absolute Gasteiger partial charge is 0.491 e. The Balaban J connectivity index is 1.69. The summed E-state index contributed by atoms with van der Waals surface area (Å²) >= 11 is 0. The third kappa shape index (κ3) is 4.91. The fourth-order valence-corrected chi connectivity index (χ4v) is 3.20. The second-order valence-electron chi connectivity index (χ2n) is 7.22. The molecular formula is C20H24F2N2O3. The Hall–Kier alpha value is -2.28. The van der Waals surface area contributed by atoms with E-state index in [-0.39, 0.29) is 37.3 Å². The first kappa shape index (κ1) is 19.5. The Kier molecular flexibility index (Phi) is 5.89. The van der Waals surface area contributed by atoms with Crippen LogP contribution >= 0.6 is 0 Å². The molecular weight excluding hydrogens is 354 g/mol. The van der Waals surface area contributed by atoms with Crippen LogP contribution in [0.1, 0.15) is 43.0 Å². The number of aliphatic hydroxyl groups excluding tert-OH is 1. The number of aromatic nitrogens is 1. The third-order valence-corrected chi connectivity index (χ3v) is 4.90. The molecule has 27 heavy (non-hydrogen) atoms. The van der Waals surface area contributed by atoms with Crippen molar-refractivity contribution in [1.29, 1.82) is 0 Å². The highest BCUT2D eigenvalue weighted by Gasteiger charge is 2.35. The zero-order valence-corrected chi connectivity index (χ0v) is 15.3. The van der Waals surface area contributed by atoms with Crippen molar-refractivity contribution in [3.8, 4) is 5.75 Å². The number of fused-ring (bicyclic) bond motifs is 1. The molecule has 7 heteroatoms. The molecule has 146 valence electrons. The van der Waals surface area contributed by atoms with Crippen LogP contribution in [0.25, 0.3) is 10.9 Å². The zero-order chi connectivity index (χ0) is 19.4. The maximum absolute atomic E-state index is 13.3. The van der Waals surface area contributed by atoms with E-state index in [4.69, 9.17) is 9.84 Å². The van der Waals surface area contributed by atoms with Crippen molar-refractivity contribution >= 4 is 16.8 Å². The molecule has 0 saturated heterocycles. The molecule has 0 radical (unpaired) electrons. The molecule has 3 rings (SSSR count). The number of amides is 1. The van der Waals surface area contributed by atoms with Gasteiger partial charge in [0.05, 0.1) is 18.8 Å². The summed E-state index contributed by atoms with van der Waals surface area (Å²) in [6.07, 6.45) is 2.21. The molecule has 1 aliphatic rings. The van der Waals surface area contributed by atoms with Crippen molar-refractivity contribution in [2.75, 3.05) is 13.2 Å². The molecule has 1 aromatic carbocycles. The molecule has 1 aliphatic carbocycles. The third-order valence-electron chi connectivity index (χ3n) is 4.90. The number of hydrogen-bond acceptors (Lipinski definition) is 4. The second-order valence-corrected chi connectivity index (χ2v) is 7.22. The number of nitrogens with one attached hydrogen (secondary N) is 1. The van der Waals surface area contributed by atoms with Crippen molar-refractivity contribution in [3.05, 3.63) is 36.0 Å². The lowest BCUT2D eigenvalue weighted by Gasteiger charge is -2.28. The van der Waals surface area contributed by atoms with E-state index < -0.39 is 5.92 Å². The first-order chi connectivity index (χ1) is 12.9. The minimum Gasteiger partial charge on any atom is -0.491 e. The van der Waals surface area contributed by atoms with Gasteiger partial charge in [-0.05, 0) is 37.8 Å². The maximum Gasteiger partial charge on any atom is 0.253 e. The number of alkyl halides is 2. The summed E-state index contributed by atoms with van der Waals surface area (Å²) in [5.74, 6) is -2.15. The van der Waals surface area contributed by atoms with Gasteiger partial charge in [0.1, 0.15) is 11.3 Å². The summed E-state index contributed by atoms with van der Waals surface area (Å²) in [6, 6.07) is 6.82. The van der Waals surface area contributed by atoms with E-state index in [0.717, 1.165) is 5.39 Å². The van der Waals surface area contributed by atoms with Crippen molar-refractivity contribution in [1.82, 2.24) is 10.3 Å². The maximum atomic E-state index is 13.3. The lowest BCUT2D eigenvalue weighted by atomic mass is 9.87. The summed E-state index contributed by atoms with van der Waals surface area (Å²) in [5, 5.41) is 12.5. The lowest BCUT2D eigenvalue weighted by Crippen LogP contribution is -2.35. The fourth-order valence-electron chi connectivity index (χ4n) is 3.20. The molecule has 0 spiro atoms. The molecule has 2 N–H and O–H groups in total. The highest BCUT2D eigenvalue weighted by Crippen LogP contribution is 2.36. The van der Waals surface area contributed by atoms with Crippen molar-refractivity contribution in [2.24, 2.45) is 5.92 Å². The predicted octanol–water partition coefficient (Wildman–Crippen LogP) is 3.55. The Morgan fingerprint density at radius 3 is 2.85 bits per heavy atom.